The molecule has 0 atom stereocenters. The van der Waals surface area contributed by atoms with Gasteiger partial charge in [-0.15, -0.1) is 23.1 Å². The standard InChI is InChI=1S/C8H11NOS2/c1-9(2)8(10)7-6(11-3)4-5-12-7/h4-5H,1-3H3. The third kappa shape index (κ3) is 1.81. The van der Waals surface area contributed by atoms with Gasteiger partial charge in [-0.2, -0.15) is 0 Å². The van der Waals surface area contributed by atoms with Crippen molar-refractivity contribution in [3.63, 3.8) is 0 Å². The van der Waals surface area contributed by atoms with Crippen molar-refractivity contribution in [1.29, 1.82) is 0 Å². The minimum Gasteiger partial charge on any atom is -0.344 e. The number of thiophene rings is 1. The Morgan fingerprint density at radius 1 is 1.58 bits per heavy atom. The molecule has 4 heteroatoms. The zero-order valence-corrected chi connectivity index (χ0v) is 8.96. The first-order valence-electron chi connectivity index (χ1n) is 3.50. The van der Waals surface area contributed by atoms with Gasteiger partial charge < -0.3 is 4.90 Å². The lowest BCUT2D eigenvalue weighted by Gasteiger charge is -2.08. The van der Waals surface area contributed by atoms with Crippen LogP contribution in [0.5, 0.6) is 0 Å². The van der Waals surface area contributed by atoms with E-state index in [9.17, 15) is 4.79 Å². The van der Waals surface area contributed by atoms with Crippen molar-refractivity contribution in [2.45, 2.75) is 4.90 Å². The van der Waals surface area contributed by atoms with E-state index in [1.54, 1.807) is 30.8 Å². The molecular formula is C8H11NOS2. The number of hydrogen-bond donors (Lipinski definition) is 0. The Hall–Kier alpha value is -0.480. The quantitative estimate of drug-likeness (QED) is 0.683. The van der Waals surface area contributed by atoms with Gasteiger partial charge >= 0.3 is 0 Å². The van der Waals surface area contributed by atoms with Crippen LogP contribution < -0.4 is 0 Å². The van der Waals surface area contributed by atoms with E-state index in [1.807, 2.05) is 17.7 Å². The Balaban J connectivity index is 2.94. The molecule has 66 valence electrons. The van der Waals surface area contributed by atoms with Gasteiger partial charge in [-0.05, 0) is 17.7 Å². The van der Waals surface area contributed by atoms with Crippen LogP contribution in [0.25, 0.3) is 0 Å². The molecule has 0 saturated heterocycles. The van der Waals surface area contributed by atoms with Crippen LogP contribution in [0.15, 0.2) is 16.3 Å². The van der Waals surface area contributed by atoms with E-state index in [-0.39, 0.29) is 5.91 Å². The molecule has 0 aliphatic heterocycles. The molecular weight excluding hydrogens is 190 g/mol. The van der Waals surface area contributed by atoms with Crippen LogP contribution in [-0.2, 0) is 0 Å². The van der Waals surface area contributed by atoms with Crippen LogP contribution in [-0.4, -0.2) is 31.2 Å². The number of thioether (sulfide) groups is 1. The van der Waals surface area contributed by atoms with Crippen LogP contribution in [0.2, 0.25) is 0 Å². The minimum absolute atomic E-state index is 0.0920. The molecule has 0 saturated carbocycles. The molecule has 0 aromatic carbocycles. The highest BCUT2D eigenvalue weighted by atomic mass is 32.2. The summed E-state index contributed by atoms with van der Waals surface area (Å²) in [5.41, 5.74) is 0. The summed E-state index contributed by atoms with van der Waals surface area (Å²) >= 11 is 3.11. The number of amides is 1. The molecule has 0 bridgehead atoms. The predicted molar refractivity (Wildman–Crippen MR) is 54.1 cm³/mol. The lowest BCUT2D eigenvalue weighted by Crippen LogP contribution is -2.20. The smallest absolute Gasteiger partial charge is 0.264 e. The van der Waals surface area contributed by atoms with Crippen molar-refractivity contribution < 1.29 is 4.79 Å². The van der Waals surface area contributed by atoms with Crippen molar-refractivity contribution in [2.75, 3.05) is 20.4 Å². The number of carbonyl (C=O) groups excluding carboxylic acids is 1. The number of carbonyl (C=O) groups is 1. The molecule has 0 radical (unpaired) electrons. The molecule has 1 aromatic rings. The normalized spacial score (nSPS) is 9.92. The third-order valence-corrected chi connectivity index (χ3v) is 3.26. The van der Waals surface area contributed by atoms with Gasteiger partial charge in [0.15, 0.2) is 0 Å². The van der Waals surface area contributed by atoms with Gasteiger partial charge in [-0.1, -0.05) is 0 Å². The van der Waals surface area contributed by atoms with Gasteiger partial charge in [0.25, 0.3) is 5.91 Å². The molecule has 12 heavy (non-hydrogen) atoms. The molecule has 0 aliphatic carbocycles. The van der Waals surface area contributed by atoms with Gasteiger partial charge in [0.1, 0.15) is 4.88 Å². The first-order chi connectivity index (χ1) is 5.66. The highest BCUT2D eigenvalue weighted by molar-refractivity contribution is 7.98. The Labute approximate surface area is 80.6 Å². The lowest BCUT2D eigenvalue weighted by molar-refractivity contribution is 0.0829. The van der Waals surface area contributed by atoms with E-state index in [4.69, 9.17) is 0 Å². The maximum atomic E-state index is 11.5. The fourth-order valence-electron chi connectivity index (χ4n) is 0.817. The molecule has 0 fully saturated rings. The van der Waals surface area contributed by atoms with Gasteiger partial charge in [0.05, 0.1) is 0 Å². The van der Waals surface area contributed by atoms with Crippen molar-refractivity contribution in [3.8, 4) is 0 Å². The molecule has 0 N–H and O–H groups in total. The van der Waals surface area contributed by atoms with Crippen molar-refractivity contribution >= 4 is 29.0 Å². The van der Waals surface area contributed by atoms with Crippen molar-refractivity contribution in [1.82, 2.24) is 4.90 Å². The van der Waals surface area contributed by atoms with E-state index in [0.717, 1.165) is 9.77 Å². The van der Waals surface area contributed by atoms with E-state index >= 15 is 0 Å². The Morgan fingerprint density at radius 3 is 2.75 bits per heavy atom. The van der Waals surface area contributed by atoms with E-state index in [2.05, 4.69) is 0 Å². The second-order valence-electron chi connectivity index (χ2n) is 2.52. The lowest BCUT2D eigenvalue weighted by atomic mass is 10.4. The number of hydrogen-bond acceptors (Lipinski definition) is 3. The zero-order valence-electron chi connectivity index (χ0n) is 7.33. The maximum Gasteiger partial charge on any atom is 0.264 e. The molecule has 0 aliphatic rings. The monoisotopic (exact) mass is 201 g/mol. The first-order valence-corrected chi connectivity index (χ1v) is 5.60. The second-order valence-corrected chi connectivity index (χ2v) is 4.28. The molecule has 1 heterocycles. The molecule has 2 nitrogen and oxygen atoms in total. The van der Waals surface area contributed by atoms with Gasteiger partial charge in [0, 0.05) is 19.0 Å². The number of rotatable bonds is 2. The summed E-state index contributed by atoms with van der Waals surface area (Å²) in [6.07, 6.45) is 1.98. The van der Waals surface area contributed by atoms with E-state index < -0.39 is 0 Å². The summed E-state index contributed by atoms with van der Waals surface area (Å²) in [4.78, 5) is 15.0. The predicted octanol–water partition coefficient (Wildman–Crippen LogP) is 2.17. The van der Waals surface area contributed by atoms with Crippen LogP contribution in [0.4, 0.5) is 0 Å². The summed E-state index contributed by atoms with van der Waals surface area (Å²) in [7, 11) is 3.54. The van der Waals surface area contributed by atoms with Gasteiger partial charge in [-0.25, -0.2) is 0 Å². The SMILES string of the molecule is CSc1ccsc1C(=O)N(C)C. The maximum absolute atomic E-state index is 11.5. The summed E-state index contributed by atoms with van der Waals surface area (Å²) in [5.74, 6) is 0.0920. The Kier molecular flexibility index (Phi) is 3.17. The largest absolute Gasteiger partial charge is 0.344 e. The number of nitrogens with zero attached hydrogens (tertiary/aromatic N) is 1. The second kappa shape index (κ2) is 3.96. The summed E-state index contributed by atoms with van der Waals surface area (Å²) in [6, 6.07) is 1.98. The van der Waals surface area contributed by atoms with Crippen LogP contribution in [0.3, 0.4) is 0 Å². The molecule has 0 unspecified atom stereocenters. The van der Waals surface area contributed by atoms with Crippen molar-refractivity contribution in [2.24, 2.45) is 0 Å². The van der Waals surface area contributed by atoms with Gasteiger partial charge in [-0.3, -0.25) is 4.79 Å². The highest BCUT2D eigenvalue weighted by Gasteiger charge is 2.13. The molecule has 1 rings (SSSR count). The molecule has 0 spiro atoms. The average Bonchev–Trinajstić information content (AvgIpc) is 2.49. The Morgan fingerprint density at radius 2 is 2.25 bits per heavy atom. The summed E-state index contributed by atoms with van der Waals surface area (Å²) in [6.45, 7) is 0. The highest BCUT2D eigenvalue weighted by Crippen LogP contribution is 2.26. The fourth-order valence-corrected chi connectivity index (χ4v) is 2.58. The van der Waals surface area contributed by atoms with Crippen molar-refractivity contribution in [3.05, 3.63) is 16.3 Å². The first kappa shape index (κ1) is 9.61. The van der Waals surface area contributed by atoms with E-state index in [0.29, 0.717) is 0 Å². The van der Waals surface area contributed by atoms with E-state index in [1.165, 1.54) is 11.3 Å². The topological polar surface area (TPSA) is 20.3 Å². The van der Waals surface area contributed by atoms with Crippen LogP contribution >= 0.6 is 23.1 Å². The fraction of sp³-hybridized carbons (Fsp3) is 0.375. The Bertz CT molecular complexity index is 280. The van der Waals surface area contributed by atoms with Crippen LogP contribution in [0.1, 0.15) is 9.67 Å². The summed E-state index contributed by atoms with van der Waals surface area (Å²) in [5, 5.41) is 1.95. The van der Waals surface area contributed by atoms with Crippen LogP contribution in [0, 0.1) is 0 Å². The average molecular weight is 201 g/mol. The third-order valence-electron chi connectivity index (χ3n) is 1.45. The minimum atomic E-state index is 0.0920. The van der Waals surface area contributed by atoms with Gasteiger partial charge in [0.2, 0.25) is 0 Å². The molecule has 1 amide bonds. The summed E-state index contributed by atoms with van der Waals surface area (Å²) < 4.78 is 0. The molecule has 1 aromatic heterocycles. The zero-order chi connectivity index (χ0) is 9.14.